The summed E-state index contributed by atoms with van der Waals surface area (Å²) in [5, 5.41) is 10.4. The number of halogens is 1. The number of H-pyrrole nitrogens is 1. The number of carbonyl (C=O) groups is 1. The maximum absolute atomic E-state index is 12.8. The number of carbonyl (C=O) groups excluding carboxylic acids is 1. The third-order valence-electron chi connectivity index (χ3n) is 4.78. The zero-order valence-electron chi connectivity index (χ0n) is 15.7. The van der Waals surface area contributed by atoms with Gasteiger partial charge < -0.3 is 10.1 Å². The molecule has 1 amide bonds. The fourth-order valence-corrected chi connectivity index (χ4v) is 3.29. The maximum Gasteiger partial charge on any atom is 0.276 e. The van der Waals surface area contributed by atoms with Gasteiger partial charge in [-0.25, -0.2) is 0 Å². The number of amides is 1. The van der Waals surface area contributed by atoms with Gasteiger partial charge in [-0.05, 0) is 23.8 Å². The number of aromatic nitrogens is 3. The highest BCUT2D eigenvalue weighted by atomic mass is 35.5. The van der Waals surface area contributed by atoms with Gasteiger partial charge >= 0.3 is 0 Å². The zero-order valence-corrected chi connectivity index (χ0v) is 16.4. The summed E-state index contributed by atoms with van der Waals surface area (Å²) in [6.45, 7) is 3.93. The topological polar surface area (TPSA) is 100 Å². The molecule has 1 fully saturated rings. The van der Waals surface area contributed by atoms with Crippen molar-refractivity contribution in [2.24, 2.45) is 0 Å². The van der Waals surface area contributed by atoms with E-state index in [1.54, 1.807) is 24.4 Å². The van der Waals surface area contributed by atoms with Crippen LogP contribution in [0.3, 0.4) is 0 Å². The number of fused-ring (bicyclic) bond motifs is 1. The van der Waals surface area contributed by atoms with Crippen molar-refractivity contribution in [3.63, 3.8) is 0 Å². The predicted molar refractivity (Wildman–Crippen MR) is 109 cm³/mol. The van der Waals surface area contributed by atoms with Crippen molar-refractivity contribution in [1.82, 2.24) is 25.4 Å². The summed E-state index contributed by atoms with van der Waals surface area (Å²) in [6, 6.07) is 8.83. The van der Waals surface area contributed by atoms with Gasteiger partial charge in [-0.1, -0.05) is 23.7 Å². The average molecular weight is 414 g/mol. The molecule has 0 bridgehead atoms. The lowest BCUT2D eigenvalue weighted by Gasteiger charge is -2.26. The number of pyridine rings is 1. The fourth-order valence-electron chi connectivity index (χ4n) is 3.17. The van der Waals surface area contributed by atoms with Crippen LogP contribution in [-0.2, 0) is 17.8 Å². The van der Waals surface area contributed by atoms with E-state index in [4.69, 9.17) is 16.3 Å². The van der Waals surface area contributed by atoms with Crippen LogP contribution in [0.15, 0.2) is 41.3 Å². The minimum atomic E-state index is -0.533. The summed E-state index contributed by atoms with van der Waals surface area (Å²) < 4.78 is 5.35. The largest absolute Gasteiger partial charge is 0.379 e. The number of ether oxygens (including phenoxy) is 1. The second-order valence-corrected chi connectivity index (χ2v) is 7.26. The van der Waals surface area contributed by atoms with Crippen molar-refractivity contribution in [3.05, 3.63) is 68.7 Å². The Bertz CT molecular complexity index is 1080. The highest BCUT2D eigenvalue weighted by Crippen LogP contribution is 2.11. The third kappa shape index (κ3) is 4.61. The van der Waals surface area contributed by atoms with Gasteiger partial charge in [-0.2, -0.15) is 5.10 Å². The number of hydrogen-bond acceptors (Lipinski definition) is 6. The molecule has 1 aliphatic heterocycles. The van der Waals surface area contributed by atoms with Crippen LogP contribution >= 0.6 is 11.6 Å². The molecule has 8 nitrogen and oxygen atoms in total. The Morgan fingerprint density at radius 1 is 1.24 bits per heavy atom. The van der Waals surface area contributed by atoms with Crippen molar-refractivity contribution in [2.45, 2.75) is 13.1 Å². The summed E-state index contributed by atoms with van der Waals surface area (Å²) in [5.74, 6) is -0.533. The van der Waals surface area contributed by atoms with Crippen LogP contribution in [0.1, 0.15) is 21.7 Å². The molecule has 0 atom stereocenters. The van der Waals surface area contributed by atoms with E-state index in [-0.39, 0.29) is 12.2 Å². The van der Waals surface area contributed by atoms with Gasteiger partial charge in [0.15, 0.2) is 5.69 Å². The molecule has 150 valence electrons. The summed E-state index contributed by atoms with van der Waals surface area (Å²) in [6.07, 6.45) is 1.58. The molecule has 0 unspecified atom stereocenters. The highest BCUT2D eigenvalue weighted by Gasteiger charge is 2.17. The smallest absolute Gasteiger partial charge is 0.276 e. The van der Waals surface area contributed by atoms with Crippen LogP contribution in [0.2, 0.25) is 5.02 Å². The molecule has 1 saturated heterocycles. The van der Waals surface area contributed by atoms with Crippen LogP contribution in [0.5, 0.6) is 0 Å². The maximum atomic E-state index is 12.8. The van der Waals surface area contributed by atoms with E-state index in [9.17, 15) is 9.59 Å². The number of hydrogen-bond donors (Lipinski definition) is 2. The molecule has 1 aromatic carbocycles. The van der Waals surface area contributed by atoms with Gasteiger partial charge in [-0.3, -0.25) is 24.6 Å². The van der Waals surface area contributed by atoms with Gasteiger partial charge in [-0.15, -0.1) is 0 Å². The average Bonchev–Trinajstić information content (AvgIpc) is 2.74. The SMILES string of the molecule is O=C(NCc1ccc(Cl)cc1)c1n[nH]c2cnc(CN3CCOCC3)cc2c1=O. The van der Waals surface area contributed by atoms with E-state index in [1.807, 2.05) is 12.1 Å². The van der Waals surface area contributed by atoms with E-state index >= 15 is 0 Å². The van der Waals surface area contributed by atoms with Gasteiger partial charge in [0.2, 0.25) is 5.43 Å². The van der Waals surface area contributed by atoms with E-state index in [2.05, 4.69) is 25.4 Å². The van der Waals surface area contributed by atoms with E-state index in [0.717, 1.165) is 24.3 Å². The second kappa shape index (κ2) is 8.69. The Kier molecular flexibility index (Phi) is 5.84. The monoisotopic (exact) mass is 413 g/mol. The lowest BCUT2D eigenvalue weighted by atomic mass is 10.2. The number of nitrogens with one attached hydrogen (secondary N) is 2. The predicted octanol–water partition coefficient (Wildman–Crippen LogP) is 1.73. The molecule has 0 aliphatic carbocycles. The first-order chi connectivity index (χ1) is 14.1. The second-order valence-electron chi connectivity index (χ2n) is 6.82. The Labute approximate surface area is 171 Å². The Balaban J connectivity index is 1.52. The number of aromatic amines is 1. The summed E-state index contributed by atoms with van der Waals surface area (Å²) in [5.41, 5.74) is 1.54. The van der Waals surface area contributed by atoms with Crippen LogP contribution in [0.25, 0.3) is 10.9 Å². The quantitative estimate of drug-likeness (QED) is 0.660. The summed E-state index contributed by atoms with van der Waals surface area (Å²) >= 11 is 5.86. The summed E-state index contributed by atoms with van der Waals surface area (Å²) in [7, 11) is 0. The molecule has 4 rings (SSSR count). The fraction of sp³-hybridized carbons (Fsp3) is 0.300. The van der Waals surface area contributed by atoms with Crippen molar-refractivity contribution < 1.29 is 9.53 Å². The van der Waals surface area contributed by atoms with Crippen molar-refractivity contribution in [3.8, 4) is 0 Å². The van der Waals surface area contributed by atoms with Gasteiger partial charge in [0.25, 0.3) is 5.91 Å². The van der Waals surface area contributed by atoms with Crippen LogP contribution in [-0.4, -0.2) is 52.3 Å². The molecule has 3 aromatic rings. The minimum absolute atomic E-state index is 0.171. The molecule has 2 N–H and O–H groups in total. The highest BCUT2D eigenvalue weighted by molar-refractivity contribution is 6.30. The molecule has 2 aromatic heterocycles. The number of benzene rings is 1. The third-order valence-corrected chi connectivity index (χ3v) is 5.03. The Morgan fingerprint density at radius 2 is 2.00 bits per heavy atom. The van der Waals surface area contributed by atoms with E-state index in [1.165, 1.54) is 0 Å². The first-order valence-corrected chi connectivity index (χ1v) is 9.68. The van der Waals surface area contributed by atoms with Crippen molar-refractivity contribution in [1.29, 1.82) is 0 Å². The van der Waals surface area contributed by atoms with Gasteiger partial charge in [0.05, 0.1) is 36.0 Å². The summed E-state index contributed by atoms with van der Waals surface area (Å²) in [4.78, 5) is 32.0. The first-order valence-electron chi connectivity index (χ1n) is 9.30. The van der Waals surface area contributed by atoms with Gasteiger partial charge in [0.1, 0.15) is 0 Å². The van der Waals surface area contributed by atoms with Crippen molar-refractivity contribution in [2.75, 3.05) is 26.3 Å². The Morgan fingerprint density at radius 3 is 2.76 bits per heavy atom. The molecule has 0 saturated carbocycles. The lowest BCUT2D eigenvalue weighted by Crippen LogP contribution is -2.36. The molecule has 0 spiro atoms. The van der Waals surface area contributed by atoms with Crippen LogP contribution in [0.4, 0.5) is 0 Å². The molecule has 29 heavy (non-hydrogen) atoms. The van der Waals surface area contributed by atoms with Gasteiger partial charge in [0, 0.05) is 31.2 Å². The standard InChI is InChI=1S/C20H20ClN5O3/c21-14-3-1-13(2-4-14)10-23-20(28)18-19(27)16-9-15(22-11-17(16)24-25-18)12-26-5-7-29-8-6-26/h1-4,9,11H,5-8,10,12H2,(H,23,28)(H,24,27). The van der Waals surface area contributed by atoms with Crippen LogP contribution in [0, 0.1) is 0 Å². The minimum Gasteiger partial charge on any atom is -0.379 e. The number of rotatable bonds is 5. The molecular weight excluding hydrogens is 394 g/mol. The van der Waals surface area contributed by atoms with Crippen LogP contribution < -0.4 is 10.7 Å². The molecule has 3 heterocycles. The molecule has 9 heteroatoms. The zero-order chi connectivity index (χ0) is 20.2. The normalized spacial score (nSPS) is 14.8. The number of nitrogens with zero attached hydrogens (tertiary/aromatic N) is 3. The molecule has 1 aliphatic rings. The first kappa shape index (κ1) is 19.5. The lowest BCUT2D eigenvalue weighted by molar-refractivity contribution is 0.0337. The Hall–Kier alpha value is -2.81. The van der Waals surface area contributed by atoms with E-state index < -0.39 is 11.3 Å². The number of morpholine rings is 1. The van der Waals surface area contributed by atoms with E-state index in [0.29, 0.717) is 35.7 Å². The van der Waals surface area contributed by atoms with Crippen molar-refractivity contribution >= 4 is 28.4 Å². The molecular formula is C20H20ClN5O3. The molecule has 0 radical (unpaired) electrons.